The van der Waals surface area contributed by atoms with Crippen molar-refractivity contribution in [3.63, 3.8) is 0 Å². The summed E-state index contributed by atoms with van der Waals surface area (Å²) in [5, 5.41) is 6.11. The van der Waals surface area contributed by atoms with Gasteiger partial charge in [-0.2, -0.15) is 5.10 Å². The van der Waals surface area contributed by atoms with Gasteiger partial charge in [-0.15, -0.1) is 0 Å². The van der Waals surface area contributed by atoms with Gasteiger partial charge < -0.3 is 0 Å². The highest BCUT2D eigenvalue weighted by atomic mass is 16.2. The third-order valence-corrected chi connectivity index (χ3v) is 2.80. The van der Waals surface area contributed by atoms with E-state index in [0.29, 0.717) is 10.9 Å². The Morgan fingerprint density at radius 1 is 1.14 bits per heavy atom. The highest BCUT2D eigenvalue weighted by molar-refractivity contribution is 5.98. The van der Waals surface area contributed by atoms with E-state index in [-0.39, 0.29) is 5.69 Å². The fraction of sp³-hybridized carbons (Fsp3) is 0. The van der Waals surface area contributed by atoms with E-state index in [0.717, 1.165) is 4.68 Å². The SMILES string of the molecule is O=C(Nn1cnc2ccccc2c1=O)c1ccc(=O)[nH]n1. The zero-order valence-corrected chi connectivity index (χ0v) is 10.6. The molecule has 2 heterocycles. The summed E-state index contributed by atoms with van der Waals surface area (Å²) in [6, 6.07) is 9.22. The van der Waals surface area contributed by atoms with Gasteiger partial charge in [0, 0.05) is 6.07 Å². The number of H-pyrrole nitrogens is 1. The molecular formula is C13H9N5O3. The number of fused-ring (bicyclic) bond motifs is 1. The van der Waals surface area contributed by atoms with Gasteiger partial charge in [0.25, 0.3) is 17.0 Å². The van der Waals surface area contributed by atoms with Gasteiger partial charge in [-0.05, 0) is 18.2 Å². The summed E-state index contributed by atoms with van der Waals surface area (Å²) in [6.45, 7) is 0. The summed E-state index contributed by atoms with van der Waals surface area (Å²) in [6.07, 6.45) is 1.22. The Morgan fingerprint density at radius 3 is 2.71 bits per heavy atom. The molecule has 0 saturated carbocycles. The number of carbonyl (C=O) groups excluding carboxylic acids is 1. The van der Waals surface area contributed by atoms with E-state index in [1.807, 2.05) is 0 Å². The number of aromatic nitrogens is 4. The number of benzene rings is 1. The Kier molecular flexibility index (Phi) is 3.03. The maximum atomic E-state index is 12.2. The molecule has 0 radical (unpaired) electrons. The van der Waals surface area contributed by atoms with E-state index in [9.17, 15) is 14.4 Å². The average molecular weight is 283 g/mol. The maximum absolute atomic E-state index is 12.2. The number of rotatable bonds is 2. The van der Waals surface area contributed by atoms with Crippen LogP contribution in [0, 0.1) is 0 Å². The molecule has 2 N–H and O–H groups in total. The van der Waals surface area contributed by atoms with Crippen molar-refractivity contribution in [1.29, 1.82) is 0 Å². The summed E-state index contributed by atoms with van der Waals surface area (Å²) >= 11 is 0. The predicted molar refractivity (Wildman–Crippen MR) is 74.6 cm³/mol. The van der Waals surface area contributed by atoms with Crippen molar-refractivity contribution >= 4 is 16.8 Å². The Labute approximate surface area is 117 Å². The molecule has 0 unspecified atom stereocenters. The number of hydrogen-bond acceptors (Lipinski definition) is 5. The molecule has 0 aliphatic rings. The Balaban J connectivity index is 1.96. The smallest absolute Gasteiger partial charge is 0.268 e. The number of aromatic amines is 1. The molecular weight excluding hydrogens is 274 g/mol. The summed E-state index contributed by atoms with van der Waals surface area (Å²) < 4.78 is 0.970. The van der Waals surface area contributed by atoms with Crippen LogP contribution in [0.5, 0.6) is 0 Å². The van der Waals surface area contributed by atoms with Gasteiger partial charge in [0.2, 0.25) is 0 Å². The van der Waals surface area contributed by atoms with Crippen LogP contribution in [0.25, 0.3) is 10.9 Å². The highest BCUT2D eigenvalue weighted by Crippen LogP contribution is 2.04. The second kappa shape index (κ2) is 5.00. The lowest BCUT2D eigenvalue weighted by molar-refractivity contribution is 0.100. The van der Waals surface area contributed by atoms with Crippen molar-refractivity contribution in [3.05, 3.63) is 69.1 Å². The second-order valence-electron chi connectivity index (χ2n) is 4.18. The van der Waals surface area contributed by atoms with Crippen molar-refractivity contribution in [2.75, 3.05) is 5.43 Å². The topological polar surface area (TPSA) is 110 Å². The number of nitrogens with one attached hydrogen (secondary N) is 2. The monoisotopic (exact) mass is 283 g/mol. The zero-order valence-electron chi connectivity index (χ0n) is 10.6. The van der Waals surface area contributed by atoms with E-state index in [4.69, 9.17) is 0 Å². The first-order valence-corrected chi connectivity index (χ1v) is 5.98. The zero-order chi connectivity index (χ0) is 14.8. The number of amides is 1. The minimum Gasteiger partial charge on any atom is -0.268 e. The van der Waals surface area contributed by atoms with Gasteiger partial charge in [0.05, 0.1) is 10.9 Å². The van der Waals surface area contributed by atoms with E-state index in [1.165, 1.54) is 18.5 Å². The minimum atomic E-state index is -0.634. The first kappa shape index (κ1) is 12.7. The molecule has 3 rings (SSSR count). The molecule has 21 heavy (non-hydrogen) atoms. The van der Waals surface area contributed by atoms with Crippen LogP contribution in [0.4, 0.5) is 0 Å². The molecule has 0 saturated heterocycles. The molecule has 0 fully saturated rings. The van der Waals surface area contributed by atoms with Crippen LogP contribution in [-0.4, -0.2) is 25.8 Å². The summed E-state index contributed by atoms with van der Waals surface area (Å²) in [4.78, 5) is 39.1. The van der Waals surface area contributed by atoms with Gasteiger partial charge in [-0.1, -0.05) is 12.1 Å². The number of hydrogen-bond donors (Lipinski definition) is 2. The lowest BCUT2D eigenvalue weighted by Crippen LogP contribution is -2.34. The second-order valence-corrected chi connectivity index (χ2v) is 4.18. The number of nitrogens with zero attached hydrogens (tertiary/aromatic N) is 3. The van der Waals surface area contributed by atoms with Crippen molar-refractivity contribution < 1.29 is 4.79 Å². The molecule has 3 aromatic rings. The van der Waals surface area contributed by atoms with Crippen molar-refractivity contribution in [2.24, 2.45) is 0 Å². The van der Waals surface area contributed by atoms with Gasteiger partial charge in [-0.25, -0.2) is 14.8 Å². The van der Waals surface area contributed by atoms with E-state index in [1.54, 1.807) is 24.3 Å². The molecule has 8 nitrogen and oxygen atoms in total. The van der Waals surface area contributed by atoms with E-state index >= 15 is 0 Å². The summed E-state index contributed by atoms with van der Waals surface area (Å²) in [7, 11) is 0. The number of para-hydroxylation sites is 1. The highest BCUT2D eigenvalue weighted by Gasteiger charge is 2.10. The molecule has 0 bridgehead atoms. The lowest BCUT2D eigenvalue weighted by atomic mass is 10.2. The molecule has 0 aliphatic carbocycles. The van der Waals surface area contributed by atoms with Crippen molar-refractivity contribution in [2.45, 2.75) is 0 Å². The summed E-state index contributed by atoms with van der Waals surface area (Å²) in [5.41, 5.74) is 2.05. The quantitative estimate of drug-likeness (QED) is 0.680. The predicted octanol–water partition coefficient (Wildman–Crippen LogP) is -0.136. The largest absolute Gasteiger partial charge is 0.290 e. The summed E-state index contributed by atoms with van der Waals surface area (Å²) in [5.74, 6) is -0.634. The fourth-order valence-corrected chi connectivity index (χ4v) is 1.79. The van der Waals surface area contributed by atoms with Crippen LogP contribution in [0.2, 0.25) is 0 Å². The molecule has 0 atom stereocenters. The Morgan fingerprint density at radius 2 is 1.95 bits per heavy atom. The van der Waals surface area contributed by atoms with Crippen LogP contribution in [0.1, 0.15) is 10.5 Å². The Hall–Kier alpha value is -3.29. The maximum Gasteiger partial charge on any atom is 0.290 e. The van der Waals surface area contributed by atoms with Gasteiger partial charge in [0.1, 0.15) is 6.33 Å². The molecule has 2 aromatic heterocycles. The number of carbonyl (C=O) groups is 1. The third kappa shape index (κ3) is 2.41. The first-order chi connectivity index (χ1) is 10.1. The first-order valence-electron chi connectivity index (χ1n) is 5.98. The Bertz CT molecular complexity index is 924. The molecule has 104 valence electrons. The van der Waals surface area contributed by atoms with Crippen LogP contribution in [-0.2, 0) is 0 Å². The van der Waals surface area contributed by atoms with Crippen molar-refractivity contribution in [3.8, 4) is 0 Å². The van der Waals surface area contributed by atoms with Crippen LogP contribution in [0.3, 0.4) is 0 Å². The van der Waals surface area contributed by atoms with Gasteiger partial charge in [0.15, 0.2) is 5.69 Å². The molecule has 0 spiro atoms. The van der Waals surface area contributed by atoms with Crippen molar-refractivity contribution in [1.82, 2.24) is 19.9 Å². The normalized spacial score (nSPS) is 10.5. The lowest BCUT2D eigenvalue weighted by Gasteiger charge is -2.07. The van der Waals surface area contributed by atoms with Gasteiger partial charge in [-0.3, -0.25) is 19.8 Å². The van der Waals surface area contributed by atoms with Crippen LogP contribution >= 0.6 is 0 Å². The molecule has 1 amide bonds. The molecule has 0 aliphatic heterocycles. The van der Waals surface area contributed by atoms with Gasteiger partial charge >= 0.3 is 0 Å². The van der Waals surface area contributed by atoms with E-state index in [2.05, 4.69) is 20.6 Å². The molecule has 8 heteroatoms. The fourth-order valence-electron chi connectivity index (χ4n) is 1.79. The standard InChI is InChI=1S/C13H9N5O3/c19-11-6-5-10(15-16-11)12(20)17-18-7-14-9-4-2-1-3-8(9)13(18)21/h1-7H,(H,16,19)(H,17,20). The van der Waals surface area contributed by atoms with Crippen LogP contribution in [0.15, 0.2) is 52.3 Å². The average Bonchev–Trinajstić information content (AvgIpc) is 2.51. The van der Waals surface area contributed by atoms with E-state index < -0.39 is 17.0 Å². The molecule has 1 aromatic carbocycles. The minimum absolute atomic E-state index is 0.0188. The van der Waals surface area contributed by atoms with Crippen LogP contribution < -0.4 is 16.5 Å². The third-order valence-electron chi connectivity index (χ3n) is 2.80.